The molecule has 154 valence electrons. The number of allylic oxidation sites excluding steroid dienone is 1. The molecule has 6 nitrogen and oxygen atoms in total. The first kappa shape index (κ1) is 20.8. The van der Waals surface area contributed by atoms with E-state index in [0.29, 0.717) is 30.3 Å². The molecule has 0 saturated heterocycles. The molecule has 1 heterocycles. The third-order valence-corrected chi connectivity index (χ3v) is 5.08. The number of amides is 1. The van der Waals surface area contributed by atoms with Gasteiger partial charge in [0.1, 0.15) is 23.1 Å². The van der Waals surface area contributed by atoms with Crippen LogP contribution in [0.25, 0.3) is 0 Å². The van der Waals surface area contributed by atoms with Crippen molar-refractivity contribution in [1.82, 2.24) is 15.3 Å². The zero-order chi connectivity index (χ0) is 20.5. The van der Waals surface area contributed by atoms with Crippen LogP contribution in [-0.2, 0) is 6.42 Å². The number of carbonyl (C=O) groups is 1. The van der Waals surface area contributed by atoms with Gasteiger partial charge in [-0.05, 0) is 57.1 Å². The molecule has 0 fully saturated rings. The van der Waals surface area contributed by atoms with Crippen LogP contribution in [0.3, 0.4) is 0 Å². The van der Waals surface area contributed by atoms with Gasteiger partial charge in [0.05, 0.1) is 7.11 Å². The quantitative estimate of drug-likeness (QED) is 0.627. The average molecular weight is 395 g/mol. The molecule has 0 spiro atoms. The lowest BCUT2D eigenvalue weighted by atomic mass is 9.97. The van der Waals surface area contributed by atoms with E-state index in [1.807, 2.05) is 24.3 Å². The number of nitrogens with one attached hydrogen (secondary N) is 2. The Morgan fingerprint density at radius 1 is 1.14 bits per heavy atom. The highest BCUT2D eigenvalue weighted by Crippen LogP contribution is 2.20. The van der Waals surface area contributed by atoms with E-state index in [2.05, 4.69) is 26.7 Å². The molecule has 0 radical (unpaired) electrons. The fourth-order valence-electron chi connectivity index (χ4n) is 3.57. The van der Waals surface area contributed by atoms with E-state index in [1.54, 1.807) is 20.1 Å². The van der Waals surface area contributed by atoms with Gasteiger partial charge in [0.25, 0.3) is 5.91 Å². The monoisotopic (exact) mass is 394 g/mol. The lowest BCUT2D eigenvalue weighted by Crippen LogP contribution is -2.27. The average Bonchev–Trinajstić information content (AvgIpc) is 2.74. The second kappa shape index (κ2) is 10.6. The SMILES string of the molecule is COc1ccccc1CCNC(=O)c1cc(NCCC2=CCCCC2)nc(C)n1. The maximum Gasteiger partial charge on any atom is 0.270 e. The number of rotatable bonds is 9. The Morgan fingerprint density at radius 3 is 2.79 bits per heavy atom. The first-order chi connectivity index (χ1) is 14.2. The Morgan fingerprint density at radius 2 is 2.00 bits per heavy atom. The number of hydrogen-bond acceptors (Lipinski definition) is 5. The summed E-state index contributed by atoms with van der Waals surface area (Å²) < 4.78 is 5.35. The van der Waals surface area contributed by atoms with Crippen LogP contribution in [0.1, 0.15) is 54.0 Å². The van der Waals surface area contributed by atoms with E-state index in [4.69, 9.17) is 4.74 Å². The van der Waals surface area contributed by atoms with Crippen molar-refractivity contribution in [3.8, 4) is 5.75 Å². The van der Waals surface area contributed by atoms with E-state index >= 15 is 0 Å². The molecule has 1 amide bonds. The number of hydrogen-bond donors (Lipinski definition) is 2. The fourth-order valence-corrected chi connectivity index (χ4v) is 3.57. The Bertz CT molecular complexity index is 864. The molecule has 1 aliphatic carbocycles. The lowest BCUT2D eigenvalue weighted by molar-refractivity contribution is 0.0948. The second-order valence-corrected chi connectivity index (χ2v) is 7.29. The fraction of sp³-hybridized carbons (Fsp3) is 0.435. The number of aromatic nitrogens is 2. The predicted molar refractivity (Wildman–Crippen MR) is 115 cm³/mol. The molecule has 0 atom stereocenters. The molecule has 0 bridgehead atoms. The lowest BCUT2D eigenvalue weighted by Gasteiger charge is -2.13. The largest absolute Gasteiger partial charge is 0.496 e. The maximum atomic E-state index is 12.5. The number of anilines is 1. The van der Waals surface area contributed by atoms with Crippen LogP contribution in [0.15, 0.2) is 42.0 Å². The van der Waals surface area contributed by atoms with E-state index in [1.165, 1.54) is 31.3 Å². The number of methoxy groups -OCH3 is 1. The highest BCUT2D eigenvalue weighted by Gasteiger charge is 2.11. The Hall–Kier alpha value is -2.89. The molecule has 2 aromatic rings. The van der Waals surface area contributed by atoms with Gasteiger partial charge in [-0.3, -0.25) is 4.79 Å². The van der Waals surface area contributed by atoms with Crippen molar-refractivity contribution in [2.24, 2.45) is 0 Å². The van der Waals surface area contributed by atoms with Crippen LogP contribution >= 0.6 is 0 Å². The summed E-state index contributed by atoms with van der Waals surface area (Å²) in [7, 11) is 1.65. The summed E-state index contributed by atoms with van der Waals surface area (Å²) in [5, 5.41) is 6.28. The Kier molecular flexibility index (Phi) is 7.61. The summed E-state index contributed by atoms with van der Waals surface area (Å²) in [6, 6.07) is 9.55. The van der Waals surface area contributed by atoms with Gasteiger partial charge in [-0.2, -0.15) is 0 Å². The van der Waals surface area contributed by atoms with E-state index in [9.17, 15) is 4.79 Å². The van der Waals surface area contributed by atoms with Crippen molar-refractivity contribution in [3.05, 3.63) is 59.1 Å². The minimum Gasteiger partial charge on any atom is -0.496 e. The molecule has 0 aliphatic heterocycles. The van der Waals surface area contributed by atoms with Gasteiger partial charge in [-0.15, -0.1) is 0 Å². The van der Waals surface area contributed by atoms with Gasteiger partial charge in [-0.1, -0.05) is 29.8 Å². The summed E-state index contributed by atoms with van der Waals surface area (Å²) in [6.07, 6.45) is 9.06. The zero-order valence-electron chi connectivity index (χ0n) is 17.3. The maximum absolute atomic E-state index is 12.5. The standard InChI is InChI=1S/C23H30N4O2/c1-17-26-20(16-22(27-17)24-14-12-18-8-4-3-5-9-18)23(28)25-15-13-19-10-6-7-11-21(19)29-2/h6-8,10-11,16H,3-5,9,12-15H2,1-2H3,(H,25,28)(H,24,26,27). The molecule has 2 N–H and O–H groups in total. The van der Waals surface area contributed by atoms with Crippen molar-refractivity contribution in [2.75, 3.05) is 25.5 Å². The van der Waals surface area contributed by atoms with E-state index in [0.717, 1.165) is 24.3 Å². The molecule has 29 heavy (non-hydrogen) atoms. The number of benzene rings is 1. The topological polar surface area (TPSA) is 76.1 Å². The van der Waals surface area contributed by atoms with Crippen molar-refractivity contribution >= 4 is 11.7 Å². The molecule has 1 aromatic heterocycles. The number of ether oxygens (including phenoxy) is 1. The van der Waals surface area contributed by atoms with Gasteiger partial charge in [0.2, 0.25) is 0 Å². The molecule has 3 rings (SSSR count). The van der Waals surface area contributed by atoms with Crippen LogP contribution in [-0.4, -0.2) is 36.1 Å². The van der Waals surface area contributed by atoms with Gasteiger partial charge in [-0.25, -0.2) is 9.97 Å². The molecule has 6 heteroatoms. The number of nitrogens with zero attached hydrogens (tertiary/aromatic N) is 2. The number of para-hydroxylation sites is 1. The molecular weight excluding hydrogens is 364 g/mol. The van der Waals surface area contributed by atoms with E-state index < -0.39 is 0 Å². The summed E-state index contributed by atoms with van der Waals surface area (Å²) >= 11 is 0. The third kappa shape index (κ3) is 6.31. The smallest absolute Gasteiger partial charge is 0.270 e. The van der Waals surface area contributed by atoms with Gasteiger partial charge >= 0.3 is 0 Å². The van der Waals surface area contributed by atoms with Crippen molar-refractivity contribution in [1.29, 1.82) is 0 Å². The highest BCUT2D eigenvalue weighted by molar-refractivity contribution is 5.92. The molecule has 1 aromatic carbocycles. The molecule has 0 saturated carbocycles. The summed E-state index contributed by atoms with van der Waals surface area (Å²) in [6.45, 7) is 3.14. The summed E-state index contributed by atoms with van der Waals surface area (Å²) in [5.41, 5.74) is 2.97. The molecule has 0 unspecified atom stereocenters. The predicted octanol–water partition coefficient (Wildman–Crippen LogP) is 4.07. The van der Waals surface area contributed by atoms with Crippen LogP contribution in [0.5, 0.6) is 5.75 Å². The second-order valence-electron chi connectivity index (χ2n) is 7.29. The highest BCUT2D eigenvalue weighted by atomic mass is 16.5. The summed E-state index contributed by atoms with van der Waals surface area (Å²) in [4.78, 5) is 21.2. The van der Waals surface area contributed by atoms with Crippen LogP contribution in [0, 0.1) is 6.92 Å². The van der Waals surface area contributed by atoms with Crippen LogP contribution in [0.4, 0.5) is 5.82 Å². The van der Waals surface area contributed by atoms with Crippen molar-refractivity contribution < 1.29 is 9.53 Å². The normalized spacial score (nSPS) is 13.5. The van der Waals surface area contributed by atoms with Gasteiger partial charge in [0.15, 0.2) is 0 Å². The number of carbonyl (C=O) groups excluding carboxylic acids is 1. The first-order valence-electron chi connectivity index (χ1n) is 10.3. The zero-order valence-corrected chi connectivity index (χ0v) is 17.3. The Balaban J connectivity index is 1.52. The Labute approximate surface area is 172 Å². The first-order valence-corrected chi connectivity index (χ1v) is 10.3. The molecular formula is C23H30N4O2. The van der Waals surface area contributed by atoms with Gasteiger partial charge in [0, 0.05) is 19.2 Å². The van der Waals surface area contributed by atoms with Crippen LogP contribution < -0.4 is 15.4 Å². The van der Waals surface area contributed by atoms with Crippen molar-refractivity contribution in [2.45, 2.75) is 45.4 Å². The third-order valence-electron chi connectivity index (χ3n) is 5.08. The van der Waals surface area contributed by atoms with E-state index in [-0.39, 0.29) is 5.91 Å². The van der Waals surface area contributed by atoms with Crippen LogP contribution in [0.2, 0.25) is 0 Å². The summed E-state index contributed by atoms with van der Waals surface area (Å²) in [5.74, 6) is 1.92. The van der Waals surface area contributed by atoms with Gasteiger partial charge < -0.3 is 15.4 Å². The molecule has 1 aliphatic rings. The number of aryl methyl sites for hydroxylation is 1. The minimum atomic E-state index is -0.191. The van der Waals surface area contributed by atoms with Crippen molar-refractivity contribution in [3.63, 3.8) is 0 Å². The minimum absolute atomic E-state index is 0.191.